The normalized spacial score (nSPS) is 10.4. The van der Waals surface area contributed by atoms with Crippen molar-refractivity contribution >= 4 is 27.7 Å². The quantitative estimate of drug-likeness (QED) is 0.792. The molecule has 2 nitrogen and oxygen atoms in total. The van der Waals surface area contributed by atoms with Gasteiger partial charge in [-0.1, -0.05) is 11.8 Å². The Hall–Kier alpha value is -1.01. The molecule has 2 rings (SSSR count). The van der Waals surface area contributed by atoms with Crippen LogP contribution < -0.4 is 0 Å². The van der Waals surface area contributed by atoms with Crippen LogP contribution in [0.15, 0.2) is 45.1 Å². The van der Waals surface area contributed by atoms with Crippen LogP contribution in [0.2, 0.25) is 0 Å². The number of aromatic nitrogens is 2. The van der Waals surface area contributed by atoms with Crippen LogP contribution in [0.25, 0.3) is 0 Å². The molecule has 0 spiro atoms. The zero-order valence-corrected chi connectivity index (χ0v) is 10.2. The highest BCUT2D eigenvalue weighted by molar-refractivity contribution is 9.10. The third-order valence-corrected chi connectivity index (χ3v) is 3.65. The molecule has 1 aromatic heterocycles. The first kappa shape index (κ1) is 11.5. The van der Waals surface area contributed by atoms with E-state index < -0.39 is 11.6 Å². The van der Waals surface area contributed by atoms with E-state index in [1.165, 1.54) is 18.5 Å². The summed E-state index contributed by atoms with van der Waals surface area (Å²) < 4.78 is 26.7. The van der Waals surface area contributed by atoms with Crippen LogP contribution in [0, 0.1) is 11.6 Å². The molecule has 0 N–H and O–H groups in total. The second-order valence-electron chi connectivity index (χ2n) is 2.85. The predicted molar refractivity (Wildman–Crippen MR) is 60.2 cm³/mol. The molecule has 0 aliphatic rings. The first-order valence-electron chi connectivity index (χ1n) is 4.25. The van der Waals surface area contributed by atoms with Crippen molar-refractivity contribution in [1.29, 1.82) is 0 Å². The number of benzene rings is 1. The summed E-state index contributed by atoms with van der Waals surface area (Å²) >= 11 is 4.36. The molecule has 1 heterocycles. The summed E-state index contributed by atoms with van der Waals surface area (Å²) in [5, 5.41) is 0.584. The summed E-state index contributed by atoms with van der Waals surface area (Å²) in [6.45, 7) is 0. The van der Waals surface area contributed by atoms with Gasteiger partial charge in [-0.3, -0.25) is 0 Å². The van der Waals surface area contributed by atoms with Crippen molar-refractivity contribution in [2.75, 3.05) is 0 Å². The molecule has 2 aromatic rings. The molecule has 0 amide bonds. The summed E-state index contributed by atoms with van der Waals surface area (Å²) in [6, 6.07) is 3.43. The van der Waals surface area contributed by atoms with E-state index in [1.807, 2.05) is 0 Å². The minimum absolute atomic E-state index is 0.320. The highest BCUT2D eigenvalue weighted by atomic mass is 79.9. The largest absolute Gasteiger partial charge is 0.244 e. The lowest BCUT2D eigenvalue weighted by molar-refractivity contribution is 0.565. The smallest absolute Gasteiger partial charge is 0.140 e. The van der Waals surface area contributed by atoms with Gasteiger partial charge in [-0.2, -0.15) is 0 Å². The number of rotatable bonds is 2. The average molecular weight is 303 g/mol. The van der Waals surface area contributed by atoms with E-state index in [4.69, 9.17) is 0 Å². The molecule has 0 atom stereocenters. The molecule has 0 aliphatic heterocycles. The maximum Gasteiger partial charge on any atom is 0.140 e. The molecule has 0 bridgehead atoms. The Balaban J connectivity index is 2.31. The van der Waals surface area contributed by atoms with E-state index in [-0.39, 0.29) is 0 Å². The van der Waals surface area contributed by atoms with E-state index >= 15 is 0 Å². The van der Waals surface area contributed by atoms with E-state index in [0.717, 1.165) is 17.8 Å². The average Bonchev–Trinajstić information content (AvgIpc) is 2.25. The summed E-state index contributed by atoms with van der Waals surface area (Å²) in [6.07, 6.45) is 2.94. The van der Waals surface area contributed by atoms with Gasteiger partial charge in [0, 0.05) is 17.2 Å². The molecule has 0 radical (unpaired) electrons. The van der Waals surface area contributed by atoms with E-state index in [2.05, 4.69) is 25.9 Å². The van der Waals surface area contributed by atoms with Crippen molar-refractivity contribution < 1.29 is 8.78 Å². The Bertz CT molecular complexity index is 522. The predicted octanol–water partition coefficient (Wildman–Crippen LogP) is 3.67. The van der Waals surface area contributed by atoms with Gasteiger partial charge in [-0.05, 0) is 28.1 Å². The monoisotopic (exact) mass is 302 g/mol. The first-order valence-corrected chi connectivity index (χ1v) is 5.86. The number of hydrogen-bond donors (Lipinski definition) is 0. The highest BCUT2D eigenvalue weighted by Gasteiger charge is 2.08. The molecule has 0 unspecified atom stereocenters. The van der Waals surface area contributed by atoms with Gasteiger partial charge in [-0.25, -0.2) is 18.7 Å². The Morgan fingerprint density at radius 2 is 2.06 bits per heavy atom. The van der Waals surface area contributed by atoms with Crippen LogP contribution in [0.4, 0.5) is 8.78 Å². The lowest BCUT2D eigenvalue weighted by Crippen LogP contribution is -1.87. The first-order chi connectivity index (χ1) is 7.66. The van der Waals surface area contributed by atoms with Crippen molar-refractivity contribution in [2.24, 2.45) is 0 Å². The molecule has 0 aliphatic carbocycles. The molecular weight excluding hydrogens is 298 g/mol. The molecule has 0 fully saturated rings. The summed E-state index contributed by atoms with van der Waals surface area (Å²) in [5.41, 5.74) is 0. The van der Waals surface area contributed by atoms with Gasteiger partial charge in [0.25, 0.3) is 0 Å². The molecule has 0 saturated heterocycles. The van der Waals surface area contributed by atoms with Gasteiger partial charge < -0.3 is 0 Å². The van der Waals surface area contributed by atoms with Gasteiger partial charge in [0.2, 0.25) is 0 Å². The number of nitrogens with zero attached hydrogens (tertiary/aromatic N) is 2. The fourth-order valence-electron chi connectivity index (χ4n) is 1.04. The maximum atomic E-state index is 13.3. The summed E-state index contributed by atoms with van der Waals surface area (Å²) in [5.74, 6) is -1.20. The summed E-state index contributed by atoms with van der Waals surface area (Å²) in [7, 11) is 0. The molecule has 16 heavy (non-hydrogen) atoms. The van der Waals surface area contributed by atoms with Crippen molar-refractivity contribution in [3.8, 4) is 0 Å². The van der Waals surface area contributed by atoms with Crippen LogP contribution in [0.1, 0.15) is 0 Å². The van der Waals surface area contributed by atoms with E-state index in [0.29, 0.717) is 14.4 Å². The fraction of sp³-hybridized carbons (Fsp3) is 0. The van der Waals surface area contributed by atoms with Gasteiger partial charge in [0.1, 0.15) is 23.0 Å². The summed E-state index contributed by atoms with van der Waals surface area (Å²) in [4.78, 5) is 8.10. The lowest BCUT2D eigenvalue weighted by atomic mass is 10.3. The highest BCUT2D eigenvalue weighted by Crippen LogP contribution is 2.32. The second kappa shape index (κ2) is 4.88. The molecule has 6 heteroatoms. The van der Waals surface area contributed by atoms with Crippen molar-refractivity contribution in [3.05, 3.63) is 46.8 Å². The van der Waals surface area contributed by atoms with Crippen molar-refractivity contribution in [1.82, 2.24) is 9.97 Å². The zero-order valence-electron chi connectivity index (χ0n) is 7.82. The topological polar surface area (TPSA) is 25.8 Å². The Kier molecular flexibility index (Phi) is 3.50. The number of halogens is 3. The third kappa shape index (κ3) is 2.56. The van der Waals surface area contributed by atoms with Crippen LogP contribution in [-0.4, -0.2) is 9.97 Å². The third-order valence-electron chi connectivity index (χ3n) is 1.73. The van der Waals surface area contributed by atoms with Gasteiger partial charge in [0.15, 0.2) is 0 Å². The SMILES string of the molecule is Fc1ccc(Sc2ncncc2Br)c(F)c1. The Labute approximate surface area is 103 Å². The van der Waals surface area contributed by atoms with Crippen molar-refractivity contribution in [2.45, 2.75) is 9.92 Å². The zero-order chi connectivity index (χ0) is 11.5. The van der Waals surface area contributed by atoms with E-state index in [1.54, 1.807) is 6.20 Å². The second-order valence-corrected chi connectivity index (χ2v) is 4.74. The molecule has 0 saturated carbocycles. The Morgan fingerprint density at radius 1 is 1.25 bits per heavy atom. The number of hydrogen-bond acceptors (Lipinski definition) is 3. The van der Waals surface area contributed by atoms with Crippen LogP contribution in [0.3, 0.4) is 0 Å². The van der Waals surface area contributed by atoms with Gasteiger partial charge in [0.05, 0.1) is 4.47 Å². The van der Waals surface area contributed by atoms with Crippen LogP contribution in [-0.2, 0) is 0 Å². The molecular formula is C10H5BrF2N2S. The van der Waals surface area contributed by atoms with Gasteiger partial charge >= 0.3 is 0 Å². The molecule has 1 aromatic carbocycles. The van der Waals surface area contributed by atoms with Crippen LogP contribution in [0.5, 0.6) is 0 Å². The van der Waals surface area contributed by atoms with Crippen LogP contribution >= 0.6 is 27.7 Å². The Morgan fingerprint density at radius 3 is 2.75 bits per heavy atom. The fourth-order valence-corrected chi connectivity index (χ4v) is 2.25. The van der Waals surface area contributed by atoms with Crippen molar-refractivity contribution in [3.63, 3.8) is 0 Å². The maximum absolute atomic E-state index is 13.3. The minimum Gasteiger partial charge on any atom is -0.244 e. The minimum atomic E-state index is -0.601. The van der Waals surface area contributed by atoms with Gasteiger partial charge in [-0.15, -0.1) is 0 Å². The standard InChI is InChI=1S/C10H5BrF2N2S/c11-7-4-14-5-15-10(7)16-9-2-1-6(12)3-8(9)13/h1-5H. The van der Waals surface area contributed by atoms with E-state index in [9.17, 15) is 8.78 Å². The lowest BCUT2D eigenvalue weighted by Gasteiger charge is -2.03. The molecule has 82 valence electrons.